The van der Waals surface area contributed by atoms with Crippen molar-refractivity contribution < 1.29 is 19.1 Å². The summed E-state index contributed by atoms with van der Waals surface area (Å²) in [5, 5.41) is 3.94. The van der Waals surface area contributed by atoms with E-state index in [1.54, 1.807) is 41.4 Å². The summed E-state index contributed by atoms with van der Waals surface area (Å²) in [5.74, 6) is 0.141. The van der Waals surface area contributed by atoms with Crippen LogP contribution in [0.15, 0.2) is 52.3 Å². The average Bonchev–Trinajstić information content (AvgIpc) is 2.74. The number of nitrogens with zero attached hydrogens (tertiary/aromatic N) is 3. The number of nitrogens with one attached hydrogen (secondary N) is 1. The van der Waals surface area contributed by atoms with Gasteiger partial charge in [-0.2, -0.15) is 5.10 Å². The maximum absolute atomic E-state index is 12.1. The molecule has 0 saturated carbocycles. The Hall–Kier alpha value is -2.78. The van der Waals surface area contributed by atoms with E-state index in [1.165, 1.54) is 12.4 Å². The maximum atomic E-state index is 12.1. The van der Waals surface area contributed by atoms with Crippen molar-refractivity contribution in [2.45, 2.75) is 0 Å². The zero-order valence-corrected chi connectivity index (χ0v) is 16.6. The van der Waals surface area contributed by atoms with Crippen molar-refractivity contribution in [2.24, 2.45) is 5.10 Å². The van der Waals surface area contributed by atoms with Crippen LogP contribution in [0.25, 0.3) is 0 Å². The summed E-state index contributed by atoms with van der Waals surface area (Å²) in [4.78, 5) is 29.6. The lowest BCUT2D eigenvalue weighted by molar-refractivity contribution is -0.137. The van der Waals surface area contributed by atoms with Crippen LogP contribution in [0.5, 0.6) is 5.75 Å². The molecule has 1 aliphatic heterocycles. The molecule has 1 fully saturated rings. The second kappa shape index (κ2) is 9.95. The molecule has 0 radical (unpaired) electrons. The number of ether oxygens (including phenoxy) is 2. The SMILES string of the molecule is O=C(N/N=C\c1ccc(OCC(=O)N2CCOCC2)c(Br)c1)c1cccnc1. The van der Waals surface area contributed by atoms with E-state index >= 15 is 0 Å². The summed E-state index contributed by atoms with van der Waals surface area (Å²) in [5.41, 5.74) is 3.62. The van der Waals surface area contributed by atoms with Gasteiger partial charge in [-0.05, 0) is 51.8 Å². The average molecular weight is 447 g/mol. The highest BCUT2D eigenvalue weighted by molar-refractivity contribution is 9.10. The summed E-state index contributed by atoms with van der Waals surface area (Å²) in [6.07, 6.45) is 4.57. The van der Waals surface area contributed by atoms with Crippen LogP contribution in [-0.4, -0.2) is 60.8 Å². The van der Waals surface area contributed by atoms with Crippen molar-refractivity contribution in [3.05, 3.63) is 58.3 Å². The van der Waals surface area contributed by atoms with Crippen molar-refractivity contribution >= 4 is 34.0 Å². The smallest absolute Gasteiger partial charge is 0.272 e. The number of rotatable bonds is 6. The van der Waals surface area contributed by atoms with E-state index in [1.807, 2.05) is 0 Å². The van der Waals surface area contributed by atoms with Crippen molar-refractivity contribution in [3.63, 3.8) is 0 Å². The minimum absolute atomic E-state index is 0.0345. The third-order valence-corrected chi connectivity index (χ3v) is 4.59. The second-order valence-corrected chi connectivity index (χ2v) is 6.77. The van der Waals surface area contributed by atoms with E-state index in [2.05, 4.69) is 31.4 Å². The minimum atomic E-state index is -0.343. The first-order chi connectivity index (χ1) is 13.6. The molecule has 0 unspecified atom stereocenters. The molecule has 3 rings (SSSR count). The van der Waals surface area contributed by atoms with E-state index in [-0.39, 0.29) is 18.4 Å². The van der Waals surface area contributed by atoms with Crippen LogP contribution in [0.2, 0.25) is 0 Å². The number of halogens is 1. The highest BCUT2D eigenvalue weighted by Crippen LogP contribution is 2.25. The lowest BCUT2D eigenvalue weighted by atomic mass is 10.2. The number of hydrazone groups is 1. The number of hydrogen-bond donors (Lipinski definition) is 1. The highest BCUT2D eigenvalue weighted by atomic mass is 79.9. The molecule has 9 heteroatoms. The number of amides is 2. The molecule has 2 aromatic rings. The van der Waals surface area contributed by atoms with Crippen LogP contribution < -0.4 is 10.2 Å². The third-order valence-electron chi connectivity index (χ3n) is 3.97. The van der Waals surface area contributed by atoms with Crippen LogP contribution in [0, 0.1) is 0 Å². The van der Waals surface area contributed by atoms with Crippen LogP contribution in [0.1, 0.15) is 15.9 Å². The molecule has 146 valence electrons. The third kappa shape index (κ3) is 5.61. The predicted molar refractivity (Wildman–Crippen MR) is 106 cm³/mol. The Morgan fingerprint density at radius 3 is 2.86 bits per heavy atom. The first-order valence-corrected chi connectivity index (χ1v) is 9.44. The van der Waals surface area contributed by atoms with Crippen molar-refractivity contribution in [1.82, 2.24) is 15.3 Å². The quantitative estimate of drug-likeness (QED) is 0.539. The fraction of sp³-hybridized carbons (Fsp3) is 0.263. The zero-order valence-electron chi connectivity index (χ0n) is 15.0. The van der Waals surface area contributed by atoms with E-state index in [0.29, 0.717) is 42.1 Å². The fourth-order valence-electron chi connectivity index (χ4n) is 2.49. The van der Waals surface area contributed by atoms with E-state index in [9.17, 15) is 9.59 Å². The number of pyridine rings is 1. The molecule has 1 aromatic carbocycles. The monoisotopic (exact) mass is 446 g/mol. The first kappa shape index (κ1) is 20.0. The van der Waals surface area contributed by atoms with Crippen LogP contribution in [0.3, 0.4) is 0 Å². The van der Waals surface area contributed by atoms with Gasteiger partial charge < -0.3 is 14.4 Å². The van der Waals surface area contributed by atoms with Gasteiger partial charge in [0.1, 0.15) is 5.75 Å². The van der Waals surface area contributed by atoms with Crippen LogP contribution >= 0.6 is 15.9 Å². The molecule has 8 nitrogen and oxygen atoms in total. The summed E-state index contributed by atoms with van der Waals surface area (Å²) in [6, 6.07) is 8.63. The summed E-state index contributed by atoms with van der Waals surface area (Å²) >= 11 is 3.42. The van der Waals surface area contributed by atoms with Gasteiger partial charge in [-0.15, -0.1) is 0 Å². The van der Waals surface area contributed by atoms with Gasteiger partial charge in [-0.3, -0.25) is 14.6 Å². The van der Waals surface area contributed by atoms with Crippen molar-refractivity contribution in [1.29, 1.82) is 0 Å². The molecule has 0 spiro atoms. The van der Waals surface area contributed by atoms with Crippen molar-refractivity contribution in [2.75, 3.05) is 32.9 Å². The Morgan fingerprint density at radius 1 is 1.32 bits per heavy atom. The first-order valence-electron chi connectivity index (χ1n) is 8.65. The Bertz CT molecular complexity index is 854. The van der Waals surface area contributed by atoms with Gasteiger partial charge in [0, 0.05) is 25.5 Å². The number of morpholine rings is 1. The molecule has 28 heavy (non-hydrogen) atoms. The standard InChI is InChI=1S/C19H19BrN4O4/c20-16-10-14(11-22-23-19(26)15-2-1-5-21-12-15)3-4-17(16)28-13-18(25)24-6-8-27-9-7-24/h1-5,10-12H,6-9,13H2,(H,23,26)/b22-11-. The lowest BCUT2D eigenvalue weighted by Crippen LogP contribution is -2.43. The van der Waals surface area contributed by atoms with Gasteiger partial charge in [-0.25, -0.2) is 5.43 Å². The molecular formula is C19H19BrN4O4. The Morgan fingerprint density at radius 2 is 2.14 bits per heavy atom. The van der Waals surface area contributed by atoms with Crippen molar-refractivity contribution in [3.8, 4) is 5.75 Å². The normalized spacial score (nSPS) is 14.1. The Labute approximate surface area is 170 Å². The van der Waals surface area contributed by atoms with E-state index in [4.69, 9.17) is 9.47 Å². The number of aromatic nitrogens is 1. The van der Waals surface area contributed by atoms with Gasteiger partial charge in [0.2, 0.25) is 0 Å². The summed E-state index contributed by atoms with van der Waals surface area (Å²) in [7, 11) is 0. The Kier molecular flexibility index (Phi) is 7.10. The molecule has 1 saturated heterocycles. The molecule has 0 aliphatic carbocycles. The van der Waals surface area contributed by atoms with E-state index in [0.717, 1.165) is 5.56 Å². The van der Waals surface area contributed by atoms with Crippen LogP contribution in [0.4, 0.5) is 0 Å². The maximum Gasteiger partial charge on any atom is 0.272 e. The Balaban J connectivity index is 1.52. The predicted octanol–water partition coefficient (Wildman–Crippen LogP) is 1.85. The topological polar surface area (TPSA) is 93.1 Å². The van der Waals surface area contributed by atoms with E-state index < -0.39 is 0 Å². The highest BCUT2D eigenvalue weighted by Gasteiger charge is 2.17. The molecule has 1 aliphatic rings. The summed E-state index contributed by atoms with van der Waals surface area (Å²) in [6.45, 7) is 2.25. The second-order valence-electron chi connectivity index (χ2n) is 5.91. The number of hydrogen-bond acceptors (Lipinski definition) is 6. The minimum Gasteiger partial charge on any atom is -0.483 e. The lowest BCUT2D eigenvalue weighted by Gasteiger charge is -2.26. The van der Waals surface area contributed by atoms with Crippen LogP contribution in [-0.2, 0) is 9.53 Å². The molecule has 2 heterocycles. The van der Waals surface area contributed by atoms with Gasteiger partial charge in [0.05, 0.1) is 29.5 Å². The molecule has 2 amide bonds. The van der Waals surface area contributed by atoms with Gasteiger partial charge in [-0.1, -0.05) is 0 Å². The largest absolute Gasteiger partial charge is 0.483 e. The molecule has 1 N–H and O–H groups in total. The molecule has 0 bridgehead atoms. The molecule has 1 aromatic heterocycles. The molecule has 0 atom stereocenters. The van der Waals surface area contributed by atoms with Gasteiger partial charge >= 0.3 is 0 Å². The molecular weight excluding hydrogens is 428 g/mol. The number of benzene rings is 1. The number of carbonyl (C=O) groups is 2. The van der Waals surface area contributed by atoms with Gasteiger partial charge in [0.25, 0.3) is 11.8 Å². The fourth-order valence-corrected chi connectivity index (χ4v) is 3.00. The zero-order chi connectivity index (χ0) is 19.8. The number of carbonyl (C=O) groups excluding carboxylic acids is 2. The van der Waals surface area contributed by atoms with Gasteiger partial charge in [0.15, 0.2) is 6.61 Å². The summed E-state index contributed by atoms with van der Waals surface area (Å²) < 4.78 is 11.5.